The smallest absolute Gasteiger partial charge is 0.236 e. The summed E-state index contributed by atoms with van der Waals surface area (Å²) in [5.41, 5.74) is 0. The van der Waals surface area contributed by atoms with E-state index in [1.54, 1.807) is 0 Å². The summed E-state index contributed by atoms with van der Waals surface area (Å²) >= 11 is 1.95. The average Bonchev–Trinajstić information content (AvgIpc) is 2.40. The molecule has 17 heavy (non-hydrogen) atoms. The van der Waals surface area contributed by atoms with Gasteiger partial charge in [-0.1, -0.05) is 6.92 Å². The van der Waals surface area contributed by atoms with Gasteiger partial charge in [-0.25, -0.2) is 0 Å². The molecule has 5 heteroatoms. The van der Waals surface area contributed by atoms with Gasteiger partial charge in [0.1, 0.15) is 0 Å². The van der Waals surface area contributed by atoms with Crippen LogP contribution < -0.4 is 0 Å². The third-order valence-electron chi connectivity index (χ3n) is 3.63. The van der Waals surface area contributed by atoms with Crippen LogP contribution in [0.15, 0.2) is 0 Å². The molecule has 2 saturated heterocycles. The number of likely N-dealkylation sites (N-methyl/N-ethyl adjacent to an activating group) is 1. The molecular weight excluding hydrogens is 234 g/mol. The Morgan fingerprint density at radius 2 is 1.59 bits per heavy atom. The number of rotatable bonds is 3. The Labute approximate surface area is 108 Å². The number of hydrogen-bond donors (Lipinski definition) is 0. The van der Waals surface area contributed by atoms with Gasteiger partial charge in [-0.3, -0.25) is 9.69 Å². The normalized spacial score (nSPS) is 23.9. The minimum absolute atomic E-state index is 0.329. The van der Waals surface area contributed by atoms with E-state index in [1.165, 1.54) is 0 Å². The van der Waals surface area contributed by atoms with Gasteiger partial charge in [-0.05, 0) is 6.54 Å². The van der Waals surface area contributed by atoms with Gasteiger partial charge in [-0.15, -0.1) is 0 Å². The van der Waals surface area contributed by atoms with E-state index >= 15 is 0 Å². The van der Waals surface area contributed by atoms with Crippen molar-refractivity contribution >= 4 is 17.7 Å². The van der Waals surface area contributed by atoms with Crippen molar-refractivity contribution in [2.24, 2.45) is 0 Å². The van der Waals surface area contributed by atoms with Gasteiger partial charge in [0.05, 0.1) is 6.54 Å². The topological polar surface area (TPSA) is 26.8 Å². The molecule has 0 saturated carbocycles. The summed E-state index contributed by atoms with van der Waals surface area (Å²) in [7, 11) is 0. The van der Waals surface area contributed by atoms with Crippen molar-refractivity contribution in [1.29, 1.82) is 0 Å². The fraction of sp³-hybridized carbons (Fsp3) is 0.917. The first-order chi connectivity index (χ1) is 8.29. The van der Waals surface area contributed by atoms with Crippen LogP contribution in [0.4, 0.5) is 0 Å². The van der Waals surface area contributed by atoms with Crippen molar-refractivity contribution < 1.29 is 4.79 Å². The Hall–Kier alpha value is -0.260. The van der Waals surface area contributed by atoms with Crippen LogP contribution in [-0.4, -0.2) is 84.5 Å². The van der Waals surface area contributed by atoms with Crippen LogP contribution in [0.5, 0.6) is 0 Å². The zero-order valence-electron chi connectivity index (χ0n) is 10.7. The van der Waals surface area contributed by atoms with Crippen molar-refractivity contribution in [2.75, 3.05) is 63.9 Å². The van der Waals surface area contributed by atoms with Crippen molar-refractivity contribution in [3.8, 4) is 0 Å². The highest BCUT2D eigenvalue weighted by Gasteiger charge is 2.22. The number of carbonyl (C=O) groups excluding carboxylic acids is 1. The molecule has 4 nitrogen and oxygen atoms in total. The lowest BCUT2D eigenvalue weighted by Gasteiger charge is -2.35. The minimum Gasteiger partial charge on any atom is -0.340 e. The van der Waals surface area contributed by atoms with E-state index in [0.717, 1.165) is 57.3 Å². The number of hydrogen-bond acceptors (Lipinski definition) is 4. The van der Waals surface area contributed by atoms with Gasteiger partial charge in [0, 0.05) is 50.8 Å². The number of piperazine rings is 1. The number of amides is 1. The second-order valence-electron chi connectivity index (χ2n) is 4.70. The molecule has 0 atom stereocenters. The summed E-state index contributed by atoms with van der Waals surface area (Å²) in [6.07, 6.45) is 0. The van der Waals surface area contributed by atoms with E-state index in [9.17, 15) is 4.79 Å². The molecule has 2 aliphatic heterocycles. The molecule has 2 rings (SSSR count). The van der Waals surface area contributed by atoms with Gasteiger partial charge in [0.2, 0.25) is 5.91 Å². The van der Waals surface area contributed by atoms with Crippen LogP contribution >= 0.6 is 11.8 Å². The Bertz CT molecular complexity index is 248. The van der Waals surface area contributed by atoms with Gasteiger partial charge < -0.3 is 9.80 Å². The lowest BCUT2D eigenvalue weighted by atomic mass is 10.3. The second kappa shape index (κ2) is 6.61. The van der Waals surface area contributed by atoms with Crippen LogP contribution in [0.25, 0.3) is 0 Å². The average molecular weight is 257 g/mol. The third-order valence-corrected chi connectivity index (χ3v) is 4.58. The zero-order valence-corrected chi connectivity index (χ0v) is 11.5. The molecule has 1 amide bonds. The zero-order chi connectivity index (χ0) is 12.1. The first-order valence-corrected chi connectivity index (χ1v) is 7.75. The fourth-order valence-corrected chi connectivity index (χ4v) is 3.27. The fourth-order valence-electron chi connectivity index (χ4n) is 2.37. The van der Waals surface area contributed by atoms with E-state index in [1.807, 2.05) is 16.7 Å². The van der Waals surface area contributed by atoms with Gasteiger partial charge >= 0.3 is 0 Å². The van der Waals surface area contributed by atoms with E-state index < -0.39 is 0 Å². The summed E-state index contributed by atoms with van der Waals surface area (Å²) in [6, 6.07) is 0. The Morgan fingerprint density at radius 1 is 1.00 bits per heavy atom. The van der Waals surface area contributed by atoms with Crippen molar-refractivity contribution in [3.63, 3.8) is 0 Å². The standard InChI is InChI=1S/C12H23N3OS/c1-2-13-3-5-14(6-4-13)11-12(16)15-7-9-17-10-8-15/h2-11H2,1H3. The molecule has 2 aliphatic rings. The summed E-state index contributed by atoms with van der Waals surface area (Å²) in [4.78, 5) is 18.9. The lowest BCUT2D eigenvalue weighted by Crippen LogP contribution is -2.50. The first kappa shape index (κ1) is 13.2. The molecule has 0 bridgehead atoms. The Morgan fingerprint density at radius 3 is 2.18 bits per heavy atom. The highest BCUT2D eigenvalue weighted by molar-refractivity contribution is 7.99. The highest BCUT2D eigenvalue weighted by atomic mass is 32.2. The molecule has 0 unspecified atom stereocenters. The van der Waals surface area contributed by atoms with Crippen molar-refractivity contribution in [2.45, 2.75) is 6.92 Å². The summed E-state index contributed by atoms with van der Waals surface area (Å²) in [5, 5.41) is 0. The molecular formula is C12H23N3OS. The molecule has 0 radical (unpaired) electrons. The van der Waals surface area contributed by atoms with Crippen molar-refractivity contribution in [1.82, 2.24) is 14.7 Å². The second-order valence-corrected chi connectivity index (χ2v) is 5.93. The molecule has 0 aromatic heterocycles. The van der Waals surface area contributed by atoms with Crippen molar-refractivity contribution in [3.05, 3.63) is 0 Å². The quantitative estimate of drug-likeness (QED) is 0.722. The molecule has 0 N–H and O–H groups in total. The van der Waals surface area contributed by atoms with Crippen LogP contribution in [0.2, 0.25) is 0 Å². The molecule has 0 spiro atoms. The summed E-state index contributed by atoms with van der Waals surface area (Å²) in [5.74, 6) is 2.54. The van der Waals surface area contributed by atoms with Gasteiger partial charge in [0.15, 0.2) is 0 Å². The lowest BCUT2D eigenvalue weighted by molar-refractivity contribution is -0.132. The maximum Gasteiger partial charge on any atom is 0.236 e. The first-order valence-electron chi connectivity index (χ1n) is 6.60. The van der Waals surface area contributed by atoms with E-state index in [4.69, 9.17) is 0 Å². The molecule has 2 heterocycles. The Balaban J connectivity index is 1.71. The number of nitrogens with zero attached hydrogens (tertiary/aromatic N) is 3. The molecule has 0 aliphatic carbocycles. The Kier molecular flexibility index (Phi) is 5.13. The van der Waals surface area contributed by atoms with E-state index in [2.05, 4.69) is 16.7 Å². The van der Waals surface area contributed by atoms with Crippen LogP contribution in [-0.2, 0) is 4.79 Å². The maximum absolute atomic E-state index is 12.1. The predicted molar refractivity (Wildman–Crippen MR) is 72.5 cm³/mol. The van der Waals surface area contributed by atoms with E-state index in [-0.39, 0.29) is 0 Å². The molecule has 0 aromatic rings. The minimum atomic E-state index is 0.329. The molecule has 2 fully saturated rings. The maximum atomic E-state index is 12.1. The van der Waals surface area contributed by atoms with Gasteiger partial charge in [-0.2, -0.15) is 11.8 Å². The van der Waals surface area contributed by atoms with Crippen LogP contribution in [0, 0.1) is 0 Å². The van der Waals surface area contributed by atoms with Crippen LogP contribution in [0.1, 0.15) is 6.92 Å². The molecule has 98 valence electrons. The summed E-state index contributed by atoms with van der Waals surface area (Å²) in [6.45, 7) is 10.2. The third kappa shape index (κ3) is 3.86. The number of thioether (sulfide) groups is 1. The monoisotopic (exact) mass is 257 g/mol. The summed E-state index contributed by atoms with van der Waals surface area (Å²) < 4.78 is 0. The number of carbonyl (C=O) groups is 1. The van der Waals surface area contributed by atoms with Crippen LogP contribution in [0.3, 0.4) is 0 Å². The highest BCUT2D eigenvalue weighted by Crippen LogP contribution is 2.10. The van der Waals surface area contributed by atoms with Gasteiger partial charge in [0.25, 0.3) is 0 Å². The largest absolute Gasteiger partial charge is 0.340 e. The van der Waals surface area contributed by atoms with E-state index in [0.29, 0.717) is 12.5 Å². The molecule has 0 aromatic carbocycles. The SMILES string of the molecule is CCN1CCN(CC(=O)N2CCSCC2)CC1. The predicted octanol–water partition coefficient (Wildman–Crippen LogP) is 0.199.